The first kappa shape index (κ1) is 25.8. The van der Waals surface area contributed by atoms with Gasteiger partial charge in [-0.1, -0.05) is 18.2 Å². The van der Waals surface area contributed by atoms with Gasteiger partial charge in [0.1, 0.15) is 11.5 Å². The predicted molar refractivity (Wildman–Crippen MR) is 148 cm³/mol. The number of benzene rings is 4. The average molecular weight is 545 g/mol. The van der Waals surface area contributed by atoms with Gasteiger partial charge in [-0.2, -0.15) is 13.2 Å². The van der Waals surface area contributed by atoms with Crippen LogP contribution in [0.4, 0.5) is 30.2 Å². The predicted octanol–water partition coefficient (Wildman–Crippen LogP) is 7.89. The lowest BCUT2D eigenvalue weighted by Gasteiger charge is -2.38. The maximum atomic E-state index is 13.2. The lowest BCUT2D eigenvalue weighted by molar-refractivity contribution is -0.137. The third kappa shape index (κ3) is 3.89. The zero-order valence-corrected chi connectivity index (χ0v) is 22.3. The summed E-state index contributed by atoms with van der Waals surface area (Å²) in [5, 5.41) is 0. The van der Waals surface area contributed by atoms with Crippen LogP contribution < -0.4 is 14.5 Å². The molecule has 0 saturated carbocycles. The maximum absolute atomic E-state index is 13.2. The van der Waals surface area contributed by atoms with E-state index in [1.807, 2.05) is 48.5 Å². The minimum absolute atomic E-state index is 0.427. The lowest BCUT2D eigenvalue weighted by atomic mass is 9.77. The molecule has 4 aromatic carbocycles. The summed E-state index contributed by atoms with van der Waals surface area (Å²) in [5.41, 5.74) is 2.88. The van der Waals surface area contributed by atoms with Crippen molar-refractivity contribution < 1.29 is 27.4 Å². The Hall–Kier alpha value is -4.46. The Balaban J connectivity index is 1.51. The zero-order valence-electron chi connectivity index (χ0n) is 22.3. The van der Waals surface area contributed by atoms with Crippen LogP contribution in [0.1, 0.15) is 46.5 Å². The van der Waals surface area contributed by atoms with Crippen molar-refractivity contribution in [2.24, 2.45) is 0 Å². The van der Waals surface area contributed by atoms with E-state index in [0.29, 0.717) is 39.6 Å². The van der Waals surface area contributed by atoms with E-state index in [4.69, 9.17) is 9.47 Å². The molecule has 0 bridgehead atoms. The van der Waals surface area contributed by atoms with Gasteiger partial charge >= 0.3 is 12.1 Å². The molecule has 8 heteroatoms. The van der Waals surface area contributed by atoms with E-state index < -0.39 is 23.3 Å². The Morgan fingerprint density at radius 3 is 2.12 bits per heavy atom. The van der Waals surface area contributed by atoms with Crippen LogP contribution in [-0.2, 0) is 16.5 Å². The molecule has 0 aromatic heterocycles. The first-order valence-electron chi connectivity index (χ1n) is 13.1. The molecule has 4 aromatic rings. The zero-order chi connectivity index (χ0) is 28.2. The summed E-state index contributed by atoms with van der Waals surface area (Å²) >= 11 is 0. The quantitative estimate of drug-likeness (QED) is 0.239. The van der Waals surface area contributed by atoms with Gasteiger partial charge in [-0.3, -0.25) is 0 Å². The van der Waals surface area contributed by atoms with Gasteiger partial charge < -0.3 is 19.3 Å². The molecular formula is C32H27F3N2O3. The minimum atomic E-state index is -4.41. The van der Waals surface area contributed by atoms with E-state index in [1.54, 1.807) is 24.1 Å². The number of hydrogen-bond acceptors (Lipinski definition) is 5. The van der Waals surface area contributed by atoms with Crippen molar-refractivity contribution in [3.8, 4) is 11.5 Å². The van der Waals surface area contributed by atoms with Crippen LogP contribution in [0.15, 0.2) is 84.9 Å². The van der Waals surface area contributed by atoms with Crippen LogP contribution in [0.2, 0.25) is 0 Å². The fourth-order valence-electron chi connectivity index (χ4n) is 5.67. The molecule has 0 amide bonds. The first-order chi connectivity index (χ1) is 19.2. The van der Waals surface area contributed by atoms with E-state index in [2.05, 4.69) is 18.7 Å². The molecule has 1 unspecified atom stereocenters. The topological polar surface area (TPSA) is 42.0 Å². The number of nitrogens with zero attached hydrogens (tertiary/aromatic N) is 2. The summed E-state index contributed by atoms with van der Waals surface area (Å²) in [6.45, 7) is 5.83. The van der Waals surface area contributed by atoms with Gasteiger partial charge in [0, 0.05) is 60.0 Å². The number of carbonyl (C=O) groups is 1. The number of carbonyl (C=O) groups excluding carboxylic acids is 1. The molecule has 0 N–H and O–H groups in total. The molecule has 1 atom stereocenters. The highest BCUT2D eigenvalue weighted by molar-refractivity contribution is 5.97. The molecular weight excluding hydrogens is 517 g/mol. The molecule has 6 rings (SSSR count). The molecule has 204 valence electrons. The second kappa shape index (κ2) is 9.33. The van der Waals surface area contributed by atoms with Crippen molar-refractivity contribution in [3.05, 3.63) is 113 Å². The van der Waals surface area contributed by atoms with Crippen LogP contribution in [0.5, 0.6) is 11.5 Å². The third-order valence-corrected chi connectivity index (χ3v) is 7.78. The first-order valence-corrected chi connectivity index (χ1v) is 13.1. The van der Waals surface area contributed by atoms with Crippen LogP contribution in [0.25, 0.3) is 0 Å². The van der Waals surface area contributed by atoms with Gasteiger partial charge in [-0.15, -0.1) is 0 Å². The molecule has 5 nitrogen and oxygen atoms in total. The standard InChI is InChI=1S/C32H27F3N2O3/c1-4-37(5-2)23-14-16-26-29(19-23)39-28-17-15-22(36(3)21-12-10-20(11-13-21)32(33,34)35)18-27(28)31(26)25-9-7-6-8-24(25)30(38)40-31/h6-19H,4-5H2,1-3H3. The van der Waals surface area contributed by atoms with Gasteiger partial charge in [-0.05, 0) is 74.5 Å². The second-order valence-electron chi connectivity index (χ2n) is 9.86. The molecule has 1 spiro atoms. The van der Waals surface area contributed by atoms with E-state index >= 15 is 0 Å². The molecule has 2 heterocycles. The maximum Gasteiger partial charge on any atom is 0.416 e. The fourth-order valence-corrected chi connectivity index (χ4v) is 5.67. The number of halogens is 3. The smallest absolute Gasteiger partial charge is 0.416 e. The van der Waals surface area contributed by atoms with Crippen molar-refractivity contribution >= 4 is 23.0 Å². The Bertz CT molecular complexity index is 1610. The van der Waals surface area contributed by atoms with Crippen molar-refractivity contribution in [2.45, 2.75) is 25.6 Å². The summed E-state index contributed by atoms with van der Waals surface area (Å²) in [6.07, 6.45) is -4.41. The van der Waals surface area contributed by atoms with Crippen molar-refractivity contribution in [1.29, 1.82) is 0 Å². The normalized spacial score (nSPS) is 17.0. The van der Waals surface area contributed by atoms with Gasteiger partial charge in [0.2, 0.25) is 0 Å². The summed E-state index contributed by atoms with van der Waals surface area (Å²) in [6, 6.07) is 23.8. The number of anilines is 3. The van der Waals surface area contributed by atoms with Gasteiger partial charge in [-0.25, -0.2) is 4.79 Å². The number of fused-ring (bicyclic) bond motifs is 6. The largest absolute Gasteiger partial charge is 0.456 e. The highest BCUT2D eigenvalue weighted by Gasteiger charge is 2.53. The SMILES string of the molecule is CCN(CC)c1ccc2c(c1)Oc1ccc(N(C)c3ccc(C(F)(F)F)cc3)cc1C21OC(=O)c2ccccc21. The highest BCUT2D eigenvalue weighted by Crippen LogP contribution is 2.57. The number of alkyl halides is 3. The van der Waals surface area contributed by atoms with E-state index in [0.717, 1.165) is 36.5 Å². The summed E-state index contributed by atoms with van der Waals surface area (Å²) < 4.78 is 52.1. The Morgan fingerprint density at radius 1 is 0.750 bits per heavy atom. The Labute approximate surface area is 230 Å². The molecule has 0 fully saturated rings. The van der Waals surface area contributed by atoms with E-state index in [9.17, 15) is 18.0 Å². The number of esters is 1. The molecule has 2 aliphatic heterocycles. The fraction of sp³-hybridized carbons (Fsp3) is 0.219. The monoisotopic (exact) mass is 544 g/mol. The number of ether oxygens (including phenoxy) is 2. The van der Waals surface area contributed by atoms with Crippen molar-refractivity contribution in [2.75, 3.05) is 29.9 Å². The molecule has 40 heavy (non-hydrogen) atoms. The number of rotatable bonds is 5. The average Bonchev–Trinajstić information content (AvgIpc) is 3.25. The molecule has 0 radical (unpaired) electrons. The minimum Gasteiger partial charge on any atom is -0.456 e. The van der Waals surface area contributed by atoms with Crippen LogP contribution in [0.3, 0.4) is 0 Å². The van der Waals surface area contributed by atoms with Crippen molar-refractivity contribution in [1.82, 2.24) is 0 Å². The highest BCUT2D eigenvalue weighted by atomic mass is 19.4. The summed E-state index contributed by atoms with van der Waals surface area (Å²) in [5.74, 6) is 0.715. The Morgan fingerprint density at radius 2 is 1.43 bits per heavy atom. The molecule has 0 aliphatic carbocycles. The molecule has 2 aliphatic rings. The Kier molecular flexibility index (Phi) is 6.02. The second-order valence-corrected chi connectivity index (χ2v) is 9.86. The summed E-state index contributed by atoms with van der Waals surface area (Å²) in [7, 11) is 1.78. The van der Waals surface area contributed by atoms with E-state index in [1.165, 1.54) is 12.1 Å². The third-order valence-electron chi connectivity index (χ3n) is 7.78. The van der Waals surface area contributed by atoms with Crippen LogP contribution in [0, 0.1) is 0 Å². The lowest BCUT2D eigenvalue weighted by Crippen LogP contribution is -2.33. The molecule has 0 saturated heterocycles. The van der Waals surface area contributed by atoms with Gasteiger partial charge in [0.05, 0.1) is 11.1 Å². The van der Waals surface area contributed by atoms with Gasteiger partial charge in [0.25, 0.3) is 0 Å². The van der Waals surface area contributed by atoms with Crippen LogP contribution in [-0.4, -0.2) is 26.1 Å². The van der Waals surface area contributed by atoms with Gasteiger partial charge in [0.15, 0.2) is 5.60 Å². The number of hydrogen-bond donors (Lipinski definition) is 0. The van der Waals surface area contributed by atoms with E-state index in [-0.39, 0.29) is 0 Å². The summed E-state index contributed by atoms with van der Waals surface area (Å²) in [4.78, 5) is 17.2. The van der Waals surface area contributed by atoms with Crippen molar-refractivity contribution in [3.63, 3.8) is 0 Å². The van der Waals surface area contributed by atoms with Crippen LogP contribution >= 0.6 is 0 Å².